The van der Waals surface area contributed by atoms with E-state index in [1.165, 1.54) is 11.1 Å². The second-order valence-electron chi connectivity index (χ2n) is 7.76. The van der Waals surface area contributed by atoms with E-state index < -0.39 is 10.0 Å². The quantitative estimate of drug-likeness (QED) is 0.710. The van der Waals surface area contributed by atoms with Crippen molar-refractivity contribution in [1.82, 2.24) is 9.21 Å². The van der Waals surface area contributed by atoms with Crippen molar-refractivity contribution in [3.8, 4) is 0 Å². The van der Waals surface area contributed by atoms with Gasteiger partial charge in [0.2, 0.25) is 10.0 Å². The van der Waals surface area contributed by atoms with Crippen LogP contribution in [-0.4, -0.2) is 50.3 Å². The summed E-state index contributed by atoms with van der Waals surface area (Å²) in [7, 11) is -3.41. The molecule has 3 rings (SSSR count). The van der Waals surface area contributed by atoms with Crippen LogP contribution in [-0.2, 0) is 16.4 Å². The van der Waals surface area contributed by atoms with E-state index in [0.29, 0.717) is 23.9 Å². The van der Waals surface area contributed by atoms with Crippen LogP contribution >= 0.6 is 0 Å². The molecule has 2 aromatic carbocycles. The maximum Gasteiger partial charge on any atom is 0.243 e. The number of hydrogen-bond acceptors (Lipinski definition) is 3. The van der Waals surface area contributed by atoms with Gasteiger partial charge in [-0.1, -0.05) is 68.5 Å². The van der Waals surface area contributed by atoms with Crippen molar-refractivity contribution in [1.29, 1.82) is 0 Å². The Bertz CT molecular complexity index is 867. The lowest BCUT2D eigenvalue weighted by atomic mass is 10.0. The first-order chi connectivity index (χ1) is 13.4. The predicted molar refractivity (Wildman–Crippen MR) is 116 cm³/mol. The van der Waals surface area contributed by atoms with Gasteiger partial charge in [-0.3, -0.25) is 4.90 Å². The van der Waals surface area contributed by atoms with Crippen LogP contribution in [0.2, 0.25) is 0 Å². The first-order valence-electron chi connectivity index (χ1n) is 9.98. The van der Waals surface area contributed by atoms with Gasteiger partial charge in [0.05, 0.1) is 4.90 Å². The number of hydrogen-bond donors (Lipinski definition) is 0. The van der Waals surface area contributed by atoms with Crippen LogP contribution in [0.5, 0.6) is 0 Å². The molecule has 2 aromatic rings. The second-order valence-corrected chi connectivity index (χ2v) is 9.70. The van der Waals surface area contributed by atoms with Gasteiger partial charge in [-0.25, -0.2) is 8.42 Å². The van der Waals surface area contributed by atoms with Gasteiger partial charge in [0, 0.05) is 32.7 Å². The summed E-state index contributed by atoms with van der Waals surface area (Å²) >= 11 is 0. The van der Waals surface area contributed by atoms with Crippen molar-refractivity contribution in [2.45, 2.75) is 25.2 Å². The fourth-order valence-corrected chi connectivity index (χ4v) is 4.89. The van der Waals surface area contributed by atoms with Crippen molar-refractivity contribution in [2.24, 2.45) is 5.92 Å². The fraction of sp³-hybridized carbons (Fsp3) is 0.391. The summed E-state index contributed by atoms with van der Waals surface area (Å²) < 4.78 is 27.5. The minimum absolute atomic E-state index is 0.400. The molecular weight excluding hydrogens is 368 g/mol. The number of nitrogens with zero attached hydrogens (tertiary/aromatic N) is 2. The van der Waals surface area contributed by atoms with Crippen molar-refractivity contribution in [3.05, 3.63) is 71.8 Å². The molecule has 0 N–H and O–H groups in total. The lowest BCUT2D eigenvalue weighted by Gasteiger charge is -2.33. The average molecular weight is 399 g/mol. The Hall–Kier alpha value is -1.95. The van der Waals surface area contributed by atoms with Crippen LogP contribution < -0.4 is 0 Å². The molecule has 0 radical (unpaired) electrons. The van der Waals surface area contributed by atoms with E-state index in [9.17, 15) is 8.42 Å². The van der Waals surface area contributed by atoms with Gasteiger partial charge >= 0.3 is 0 Å². The standard InChI is InChI=1S/C23H30N2O2S/c1-20(2)19-22-10-12-23(13-11-22)28(26,27)25-17-15-24(16-18-25)14-6-9-21-7-4-3-5-8-21/h3-13,20H,14-19H2,1-2H3/b9-6+. The Balaban J connectivity index is 1.54. The van der Waals surface area contributed by atoms with E-state index in [2.05, 4.69) is 43.0 Å². The van der Waals surface area contributed by atoms with Crippen molar-refractivity contribution in [2.75, 3.05) is 32.7 Å². The highest BCUT2D eigenvalue weighted by Gasteiger charge is 2.28. The number of piperazine rings is 1. The van der Waals surface area contributed by atoms with Crippen LogP contribution in [0.1, 0.15) is 25.0 Å². The topological polar surface area (TPSA) is 40.6 Å². The lowest BCUT2D eigenvalue weighted by molar-refractivity contribution is 0.204. The largest absolute Gasteiger partial charge is 0.297 e. The Morgan fingerprint density at radius 3 is 2.18 bits per heavy atom. The maximum absolute atomic E-state index is 12.9. The van der Waals surface area contributed by atoms with Gasteiger partial charge in [-0.05, 0) is 35.6 Å². The molecule has 0 aliphatic carbocycles. The van der Waals surface area contributed by atoms with Crippen LogP contribution in [0, 0.1) is 5.92 Å². The third kappa shape index (κ3) is 5.53. The highest BCUT2D eigenvalue weighted by Crippen LogP contribution is 2.19. The second kappa shape index (κ2) is 9.50. The molecule has 1 aliphatic rings. The molecule has 150 valence electrons. The summed E-state index contributed by atoms with van der Waals surface area (Å²) in [6.45, 7) is 7.75. The average Bonchev–Trinajstić information content (AvgIpc) is 2.69. The zero-order valence-corrected chi connectivity index (χ0v) is 17.6. The summed E-state index contributed by atoms with van der Waals surface area (Å²) in [5.41, 5.74) is 2.37. The highest BCUT2D eigenvalue weighted by atomic mass is 32.2. The van der Waals surface area contributed by atoms with E-state index in [4.69, 9.17) is 0 Å². The smallest absolute Gasteiger partial charge is 0.243 e. The molecule has 0 aromatic heterocycles. The summed E-state index contributed by atoms with van der Waals surface area (Å²) in [5.74, 6) is 0.562. The molecule has 0 amide bonds. The van der Waals surface area contributed by atoms with Crippen LogP contribution in [0.3, 0.4) is 0 Å². The molecular formula is C23H30N2O2S. The van der Waals surface area contributed by atoms with Gasteiger partial charge in [0.25, 0.3) is 0 Å². The first-order valence-corrected chi connectivity index (χ1v) is 11.4. The fourth-order valence-electron chi connectivity index (χ4n) is 3.47. The van der Waals surface area contributed by atoms with E-state index in [1.807, 2.05) is 30.3 Å². The van der Waals surface area contributed by atoms with Gasteiger partial charge in [-0.2, -0.15) is 4.31 Å². The number of sulfonamides is 1. The molecule has 0 saturated carbocycles. The summed E-state index contributed by atoms with van der Waals surface area (Å²) in [4.78, 5) is 2.69. The van der Waals surface area contributed by atoms with E-state index >= 15 is 0 Å². The van der Waals surface area contributed by atoms with Crippen LogP contribution in [0.25, 0.3) is 6.08 Å². The van der Waals surface area contributed by atoms with E-state index in [-0.39, 0.29) is 0 Å². The van der Waals surface area contributed by atoms with E-state index in [0.717, 1.165) is 26.1 Å². The number of benzene rings is 2. The van der Waals surface area contributed by atoms with E-state index in [1.54, 1.807) is 16.4 Å². The molecule has 0 unspecified atom stereocenters. The number of rotatable bonds is 7. The summed E-state index contributed by atoms with van der Waals surface area (Å²) in [5, 5.41) is 0. The molecule has 28 heavy (non-hydrogen) atoms. The van der Waals surface area contributed by atoms with Crippen LogP contribution in [0.15, 0.2) is 65.6 Å². The molecule has 5 heteroatoms. The zero-order chi connectivity index (χ0) is 20.0. The molecule has 1 aliphatic heterocycles. The molecule has 1 fully saturated rings. The Morgan fingerprint density at radius 2 is 1.57 bits per heavy atom. The first kappa shape index (κ1) is 20.8. The van der Waals surface area contributed by atoms with Crippen molar-refractivity contribution >= 4 is 16.1 Å². The monoisotopic (exact) mass is 398 g/mol. The Kier molecular flexibility index (Phi) is 7.05. The van der Waals surface area contributed by atoms with Crippen molar-refractivity contribution < 1.29 is 8.42 Å². The molecule has 0 spiro atoms. The lowest BCUT2D eigenvalue weighted by Crippen LogP contribution is -2.48. The molecule has 0 bridgehead atoms. The third-order valence-corrected chi connectivity index (χ3v) is 6.92. The Morgan fingerprint density at radius 1 is 0.929 bits per heavy atom. The minimum atomic E-state index is -3.41. The predicted octanol–water partition coefficient (Wildman–Crippen LogP) is 3.90. The molecule has 1 heterocycles. The highest BCUT2D eigenvalue weighted by molar-refractivity contribution is 7.89. The summed E-state index contributed by atoms with van der Waals surface area (Å²) in [6.07, 6.45) is 5.23. The molecule has 0 atom stereocenters. The molecule has 1 saturated heterocycles. The van der Waals surface area contributed by atoms with Gasteiger partial charge in [-0.15, -0.1) is 0 Å². The van der Waals surface area contributed by atoms with Crippen LogP contribution in [0.4, 0.5) is 0 Å². The summed E-state index contributed by atoms with van der Waals surface area (Å²) in [6, 6.07) is 17.6. The van der Waals surface area contributed by atoms with Gasteiger partial charge in [0.15, 0.2) is 0 Å². The van der Waals surface area contributed by atoms with Gasteiger partial charge in [0.1, 0.15) is 0 Å². The maximum atomic E-state index is 12.9. The SMILES string of the molecule is CC(C)Cc1ccc(S(=O)(=O)N2CCN(C/C=C/c3ccccc3)CC2)cc1. The van der Waals surface area contributed by atoms with Gasteiger partial charge < -0.3 is 0 Å². The zero-order valence-electron chi connectivity index (χ0n) is 16.8. The normalized spacial score (nSPS) is 16.8. The molecule has 4 nitrogen and oxygen atoms in total. The third-order valence-electron chi connectivity index (χ3n) is 5.01. The van der Waals surface area contributed by atoms with Crippen molar-refractivity contribution in [3.63, 3.8) is 0 Å². The Labute approximate surface area is 169 Å². The minimum Gasteiger partial charge on any atom is -0.297 e.